The highest BCUT2D eigenvalue weighted by Gasteiger charge is 2.52. The number of imide groups is 1. The molecule has 106 valence electrons. The van der Waals surface area contributed by atoms with E-state index in [-0.39, 0.29) is 17.8 Å². The van der Waals surface area contributed by atoms with E-state index in [1.165, 1.54) is 9.80 Å². The fourth-order valence-corrected chi connectivity index (χ4v) is 2.47. The van der Waals surface area contributed by atoms with Crippen LogP contribution in [0.3, 0.4) is 0 Å². The normalized spacial score (nSPS) is 26.1. The van der Waals surface area contributed by atoms with Crippen molar-refractivity contribution in [1.29, 1.82) is 0 Å². The molecule has 1 unspecified atom stereocenters. The van der Waals surface area contributed by atoms with Crippen LogP contribution in [0.5, 0.6) is 0 Å². The van der Waals surface area contributed by atoms with Gasteiger partial charge in [0.2, 0.25) is 5.91 Å². The van der Waals surface area contributed by atoms with Gasteiger partial charge in [-0.2, -0.15) is 0 Å². The molecule has 0 aromatic carbocycles. The van der Waals surface area contributed by atoms with Crippen LogP contribution in [0.25, 0.3) is 0 Å². The number of rotatable bonds is 4. The van der Waals surface area contributed by atoms with Crippen LogP contribution in [0, 0.1) is 0 Å². The molecule has 4 amide bonds. The van der Waals surface area contributed by atoms with Gasteiger partial charge < -0.3 is 15.5 Å². The number of nitrogens with one attached hydrogen (secondary N) is 2. The van der Waals surface area contributed by atoms with Crippen molar-refractivity contribution in [3.05, 3.63) is 0 Å². The molecule has 2 rings (SSSR count). The minimum Gasteiger partial charge on any atom is -0.349 e. The Labute approximate surface area is 112 Å². The first kappa shape index (κ1) is 13.8. The molecule has 2 fully saturated rings. The van der Waals surface area contributed by atoms with E-state index < -0.39 is 5.54 Å². The first-order valence-corrected chi connectivity index (χ1v) is 6.51. The second kappa shape index (κ2) is 5.16. The van der Waals surface area contributed by atoms with Gasteiger partial charge in [0.25, 0.3) is 5.91 Å². The minimum atomic E-state index is -0.747. The molecule has 1 spiro atoms. The Morgan fingerprint density at radius 2 is 2.16 bits per heavy atom. The summed E-state index contributed by atoms with van der Waals surface area (Å²) in [6.45, 7) is 1.52. The summed E-state index contributed by atoms with van der Waals surface area (Å²) in [5.74, 6) is -0.163. The lowest BCUT2D eigenvalue weighted by Crippen LogP contribution is -2.48. The number of amides is 4. The zero-order valence-electron chi connectivity index (χ0n) is 11.4. The summed E-state index contributed by atoms with van der Waals surface area (Å²) in [5, 5.41) is 5.86. The predicted molar refractivity (Wildman–Crippen MR) is 68.4 cm³/mol. The van der Waals surface area contributed by atoms with Gasteiger partial charge in [-0.3, -0.25) is 14.5 Å². The van der Waals surface area contributed by atoms with E-state index in [9.17, 15) is 14.4 Å². The summed E-state index contributed by atoms with van der Waals surface area (Å²) in [5.41, 5.74) is -0.747. The summed E-state index contributed by atoms with van der Waals surface area (Å²) in [6, 6.07) is -0.342. The van der Waals surface area contributed by atoms with Gasteiger partial charge in [-0.15, -0.1) is 0 Å². The molecule has 0 aromatic heterocycles. The van der Waals surface area contributed by atoms with Crippen molar-refractivity contribution in [2.75, 3.05) is 33.7 Å². The molecule has 2 heterocycles. The summed E-state index contributed by atoms with van der Waals surface area (Å²) in [7, 11) is 3.38. The second-order valence-electron chi connectivity index (χ2n) is 5.29. The molecule has 2 saturated heterocycles. The molecule has 1 atom stereocenters. The van der Waals surface area contributed by atoms with Crippen molar-refractivity contribution in [1.82, 2.24) is 20.4 Å². The Kier molecular flexibility index (Phi) is 3.75. The Hall–Kier alpha value is -1.63. The highest BCUT2D eigenvalue weighted by Crippen LogP contribution is 2.24. The first-order valence-electron chi connectivity index (χ1n) is 6.51. The Morgan fingerprint density at radius 3 is 2.74 bits per heavy atom. The molecule has 7 heteroatoms. The lowest BCUT2D eigenvalue weighted by molar-refractivity contribution is -0.132. The van der Waals surface area contributed by atoms with Gasteiger partial charge in [0.1, 0.15) is 5.54 Å². The molecular formula is C12H20N4O3. The number of carbonyl (C=O) groups excluding carboxylic acids is 3. The zero-order valence-corrected chi connectivity index (χ0v) is 11.4. The predicted octanol–water partition coefficient (Wildman–Crippen LogP) is -0.861. The molecule has 7 nitrogen and oxygen atoms in total. The van der Waals surface area contributed by atoms with Crippen LogP contribution in [0.15, 0.2) is 0 Å². The average Bonchev–Trinajstić information content (AvgIpc) is 2.90. The van der Waals surface area contributed by atoms with E-state index >= 15 is 0 Å². The average molecular weight is 268 g/mol. The zero-order chi connectivity index (χ0) is 14.0. The van der Waals surface area contributed by atoms with Crippen molar-refractivity contribution in [2.24, 2.45) is 0 Å². The van der Waals surface area contributed by atoms with Crippen LogP contribution in [-0.4, -0.2) is 66.9 Å². The van der Waals surface area contributed by atoms with Crippen LogP contribution in [0.1, 0.15) is 19.3 Å². The Morgan fingerprint density at radius 1 is 1.42 bits per heavy atom. The van der Waals surface area contributed by atoms with Crippen molar-refractivity contribution in [3.8, 4) is 0 Å². The van der Waals surface area contributed by atoms with Crippen LogP contribution in [0.2, 0.25) is 0 Å². The largest absolute Gasteiger partial charge is 0.349 e. The van der Waals surface area contributed by atoms with Gasteiger partial charge >= 0.3 is 6.03 Å². The number of nitrogens with zero attached hydrogens (tertiary/aromatic N) is 2. The van der Waals surface area contributed by atoms with Gasteiger partial charge in [0.15, 0.2) is 0 Å². The maximum absolute atomic E-state index is 12.3. The molecule has 2 aliphatic rings. The molecule has 2 aliphatic heterocycles. The molecule has 0 aliphatic carbocycles. The minimum absolute atomic E-state index is 0.00398. The van der Waals surface area contributed by atoms with Crippen molar-refractivity contribution in [3.63, 3.8) is 0 Å². The van der Waals surface area contributed by atoms with Gasteiger partial charge in [-0.05, 0) is 19.4 Å². The van der Waals surface area contributed by atoms with E-state index in [4.69, 9.17) is 0 Å². The monoisotopic (exact) mass is 268 g/mol. The molecule has 2 N–H and O–H groups in total. The SMILES string of the molecule is CN(C)C(=O)CCCN1C(=O)NC2(CCNC2)C1=O. The van der Waals surface area contributed by atoms with Crippen molar-refractivity contribution in [2.45, 2.75) is 24.8 Å². The third-order valence-corrected chi connectivity index (χ3v) is 3.67. The molecule has 0 bridgehead atoms. The molecule has 0 saturated carbocycles. The number of hydrogen-bond donors (Lipinski definition) is 2. The Balaban J connectivity index is 1.89. The van der Waals surface area contributed by atoms with Gasteiger partial charge in [-0.25, -0.2) is 4.79 Å². The van der Waals surface area contributed by atoms with E-state index in [0.29, 0.717) is 32.4 Å². The lowest BCUT2D eigenvalue weighted by Gasteiger charge is -2.19. The van der Waals surface area contributed by atoms with E-state index in [0.717, 1.165) is 6.54 Å². The van der Waals surface area contributed by atoms with Crippen LogP contribution in [-0.2, 0) is 9.59 Å². The number of carbonyl (C=O) groups is 3. The summed E-state index contributed by atoms with van der Waals surface area (Å²) in [4.78, 5) is 38.3. The third-order valence-electron chi connectivity index (χ3n) is 3.67. The number of hydrogen-bond acceptors (Lipinski definition) is 4. The third kappa shape index (κ3) is 2.56. The smallest absolute Gasteiger partial charge is 0.325 e. The van der Waals surface area contributed by atoms with Crippen molar-refractivity contribution < 1.29 is 14.4 Å². The lowest BCUT2D eigenvalue weighted by atomic mass is 9.99. The van der Waals surface area contributed by atoms with Crippen LogP contribution < -0.4 is 10.6 Å². The summed E-state index contributed by atoms with van der Waals surface area (Å²) in [6.07, 6.45) is 1.47. The van der Waals surface area contributed by atoms with E-state index in [2.05, 4.69) is 10.6 Å². The number of urea groups is 1. The molecule has 0 aromatic rings. The van der Waals surface area contributed by atoms with Gasteiger partial charge in [0.05, 0.1) is 0 Å². The second-order valence-corrected chi connectivity index (χ2v) is 5.29. The topological polar surface area (TPSA) is 81.8 Å². The van der Waals surface area contributed by atoms with E-state index in [1.54, 1.807) is 14.1 Å². The van der Waals surface area contributed by atoms with Crippen LogP contribution in [0.4, 0.5) is 4.79 Å². The van der Waals surface area contributed by atoms with Crippen LogP contribution >= 0.6 is 0 Å². The van der Waals surface area contributed by atoms with Gasteiger partial charge in [0, 0.05) is 33.6 Å². The quantitative estimate of drug-likeness (QED) is 0.650. The Bertz CT molecular complexity index is 402. The molecule has 0 radical (unpaired) electrons. The first-order chi connectivity index (χ1) is 8.96. The maximum Gasteiger partial charge on any atom is 0.325 e. The molecular weight excluding hydrogens is 248 g/mol. The van der Waals surface area contributed by atoms with E-state index in [1.807, 2.05) is 0 Å². The highest BCUT2D eigenvalue weighted by atomic mass is 16.2. The summed E-state index contributed by atoms with van der Waals surface area (Å²) < 4.78 is 0. The fraction of sp³-hybridized carbons (Fsp3) is 0.750. The standard InChI is InChI=1S/C12H20N4O3/c1-15(2)9(17)4-3-7-16-10(18)12(14-11(16)19)5-6-13-8-12/h13H,3-8H2,1-2H3,(H,14,19). The highest BCUT2D eigenvalue weighted by molar-refractivity contribution is 6.07. The van der Waals surface area contributed by atoms with Gasteiger partial charge in [-0.1, -0.05) is 0 Å². The maximum atomic E-state index is 12.3. The van der Waals surface area contributed by atoms with Crippen molar-refractivity contribution >= 4 is 17.8 Å². The summed E-state index contributed by atoms with van der Waals surface area (Å²) >= 11 is 0. The fourth-order valence-electron chi connectivity index (χ4n) is 2.47. The molecule has 19 heavy (non-hydrogen) atoms.